The lowest BCUT2D eigenvalue weighted by Gasteiger charge is -2.32. The molecule has 2 atom stereocenters. The Labute approximate surface area is 76.8 Å². The third-order valence-corrected chi connectivity index (χ3v) is 2.86. The van der Waals surface area contributed by atoms with Crippen LogP contribution in [0.15, 0.2) is 0 Å². The molecule has 2 rings (SSSR count). The second-order valence-corrected chi connectivity index (χ2v) is 3.74. The van der Waals surface area contributed by atoms with Gasteiger partial charge >= 0.3 is 6.09 Å². The molecule has 1 heterocycles. The lowest BCUT2D eigenvalue weighted by atomic mass is 10.0. The molecule has 0 spiro atoms. The molecule has 2 aliphatic rings. The van der Waals surface area contributed by atoms with Crippen LogP contribution in [0.4, 0.5) is 4.79 Å². The molecule has 2 unspecified atom stereocenters. The minimum atomic E-state index is -0.462. The molecule has 1 saturated carbocycles. The highest BCUT2D eigenvalue weighted by Crippen LogP contribution is 2.32. The molecule has 0 N–H and O–H groups in total. The third-order valence-electron chi connectivity index (χ3n) is 2.86. The highest BCUT2D eigenvalue weighted by atomic mass is 16.6. The zero-order chi connectivity index (χ0) is 9.42. The van der Waals surface area contributed by atoms with E-state index in [0.717, 1.165) is 19.3 Å². The summed E-state index contributed by atoms with van der Waals surface area (Å²) in [6, 6.07) is 0. The van der Waals surface area contributed by atoms with Gasteiger partial charge in [0.2, 0.25) is 5.91 Å². The van der Waals surface area contributed by atoms with Crippen molar-refractivity contribution in [2.75, 3.05) is 6.54 Å². The Bertz CT molecular complexity index is 251. The van der Waals surface area contributed by atoms with Crippen LogP contribution in [0.2, 0.25) is 0 Å². The van der Waals surface area contributed by atoms with E-state index in [1.54, 1.807) is 0 Å². The Morgan fingerprint density at radius 1 is 1.54 bits per heavy atom. The number of carbonyl (C=O) groups is 2. The Morgan fingerprint density at radius 3 is 3.00 bits per heavy atom. The first-order valence-electron chi connectivity index (χ1n) is 4.67. The lowest BCUT2D eigenvalue weighted by Crippen LogP contribution is -2.48. The van der Waals surface area contributed by atoms with Crippen LogP contribution < -0.4 is 0 Å². The standard InChI is InChI=1S/C9H13NO3/c1-6(11)10-5-7-3-2-4-8(7)13-9(10)12/h7-8H,2-5H2,1H3. The average Bonchev–Trinajstić information content (AvgIpc) is 2.48. The summed E-state index contributed by atoms with van der Waals surface area (Å²) < 4.78 is 5.15. The van der Waals surface area contributed by atoms with Gasteiger partial charge in [-0.15, -0.1) is 0 Å². The van der Waals surface area contributed by atoms with Gasteiger partial charge < -0.3 is 4.74 Å². The van der Waals surface area contributed by atoms with Crippen molar-refractivity contribution in [2.24, 2.45) is 5.92 Å². The van der Waals surface area contributed by atoms with Crippen LogP contribution in [0.1, 0.15) is 26.2 Å². The van der Waals surface area contributed by atoms with Crippen molar-refractivity contribution in [1.82, 2.24) is 4.90 Å². The Balaban J connectivity index is 2.09. The molecule has 0 bridgehead atoms. The van der Waals surface area contributed by atoms with E-state index < -0.39 is 6.09 Å². The maximum Gasteiger partial charge on any atom is 0.416 e. The second-order valence-electron chi connectivity index (χ2n) is 3.74. The molecule has 0 aromatic heterocycles. The SMILES string of the molecule is CC(=O)N1CC2CCCC2OC1=O. The number of hydrogen-bond acceptors (Lipinski definition) is 3. The van der Waals surface area contributed by atoms with Crippen LogP contribution in [-0.4, -0.2) is 29.5 Å². The normalized spacial score (nSPS) is 32.7. The maximum absolute atomic E-state index is 11.3. The summed E-state index contributed by atoms with van der Waals surface area (Å²) in [6.07, 6.45) is 2.75. The smallest absolute Gasteiger partial charge is 0.416 e. The van der Waals surface area contributed by atoms with Crippen molar-refractivity contribution in [3.05, 3.63) is 0 Å². The molecule has 1 aliphatic heterocycles. The number of amides is 2. The number of nitrogens with zero attached hydrogens (tertiary/aromatic N) is 1. The number of rotatable bonds is 0. The quantitative estimate of drug-likeness (QED) is 0.566. The molecule has 1 aliphatic carbocycles. The summed E-state index contributed by atoms with van der Waals surface area (Å²) in [5.41, 5.74) is 0. The van der Waals surface area contributed by atoms with Gasteiger partial charge in [0.1, 0.15) is 6.10 Å². The first kappa shape index (κ1) is 8.53. The predicted octanol–water partition coefficient (Wildman–Crippen LogP) is 1.15. The molecule has 0 aromatic rings. The number of imide groups is 1. The van der Waals surface area contributed by atoms with Gasteiger partial charge in [-0.1, -0.05) is 0 Å². The molecule has 72 valence electrons. The molecule has 2 fully saturated rings. The van der Waals surface area contributed by atoms with E-state index in [4.69, 9.17) is 4.74 Å². The van der Waals surface area contributed by atoms with Crippen LogP contribution in [0.3, 0.4) is 0 Å². The molecule has 0 radical (unpaired) electrons. The summed E-state index contributed by atoms with van der Waals surface area (Å²) in [7, 11) is 0. The van der Waals surface area contributed by atoms with Gasteiger partial charge in [-0.3, -0.25) is 4.79 Å². The van der Waals surface area contributed by atoms with Crippen LogP contribution in [0, 0.1) is 5.92 Å². The lowest BCUT2D eigenvalue weighted by molar-refractivity contribution is -0.131. The molecule has 1 saturated heterocycles. The summed E-state index contributed by atoms with van der Waals surface area (Å²) >= 11 is 0. The summed E-state index contributed by atoms with van der Waals surface area (Å²) in [4.78, 5) is 23.5. The van der Waals surface area contributed by atoms with Crippen LogP contribution >= 0.6 is 0 Å². The Kier molecular flexibility index (Phi) is 1.98. The minimum Gasteiger partial charge on any atom is -0.445 e. The summed E-state index contributed by atoms with van der Waals surface area (Å²) in [5, 5.41) is 0. The van der Waals surface area contributed by atoms with Crippen molar-refractivity contribution in [3.8, 4) is 0 Å². The van der Waals surface area contributed by atoms with E-state index in [9.17, 15) is 9.59 Å². The zero-order valence-corrected chi connectivity index (χ0v) is 7.66. The molecule has 2 amide bonds. The van der Waals surface area contributed by atoms with Crippen LogP contribution in [-0.2, 0) is 9.53 Å². The van der Waals surface area contributed by atoms with Gasteiger partial charge in [-0.25, -0.2) is 9.69 Å². The molecule has 4 heteroatoms. The predicted molar refractivity (Wildman–Crippen MR) is 45.0 cm³/mol. The zero-order valence-electron chi connectivity index (χ0n) is 7.66. The van der Waals surface area contributed by atoms with Gasteiger partial charge in [0.15, 0.2) is 0 Å². The highest BCUT2D eigenvalue weighted by molar-refractivity contribution is 5.91. The number of hydrogen-bond donors (Lipinski definition) is 0. The Hall–Kier alpha value is -1.06. The number of fused-ring (bicyclic) bond motifs is 1. The average molecular weight is 183 g/mol. The third kappa shape index (κ3) is 1.41. The van der Waals surface area contributed by atoms with E-state index in [-0.39, 0.29) is 12.0 Å². The van der Waals surface area contributed by atoms with Gasteiger partial charge in [0.05, 0.1) is 0 Å². The summed E-state index contributed by atoms with van der Waals surface area (Å²) in [5.74, 6) is 0.164. The monoisotopic (exact) mass is 183 g/mol. The van der Waals surface area contributed by atoms with E-state index in [1.165, 1.54) is 11.8 Å². The van der Waals surface area contributed by atoms with E-state index in [0.29, 0.717) is 12.5 Å². The topological polar surface area (TPSA) is 46.6 Å². The van der Waals surface area contributed by atoms with Gasteiger partial charge in [0, 0.05) is 19.4 Å². The van der Waals surface area contributed by atoms with Gasteiger partial charge in [-0.2, -0.15) is 0 Å². The second kappa shape index (κ2) is 3.01. The van der Waals surface area contributed by atoms with Crippen LogP contribution in [0.25, 0.3) is 0 Å². The van der Waals surface area contributed by atoms with E-state index in [2.05, 4.69) is 0 Å². The molecule has 13 heavy (non-hydrogen) atoms. The fraction of sp³-hybridized carbons (Fsp3) is 0.778. The number of carbonyl (C=O) groups excluding carboxylic acids is 2. The van der Waals surface area contributed by atoms with Crippen molar-refractivity contribution < 1.29 is 14.3 Å². The van der Waals surface area contributed by atoms with E-state index >= 15 is 0 Å². The first-order valence-corrected chi connectivity index (χ1v) is 4.67. The van der Waals surface area contributed by atoms with E-state index in [1.807, 2.05) is 0 Å². The van der Waals surface area contributed by atoms with Gasteiger partial charge in [-0.05, 0) is 19.3 Å². The molecular weight excluding hydrogens is 170 g/mol. The first-order chi connectivity index (χ1) is 6.18. The van der Waals surface area contributed by atoms with Crippen molar-refractivity contribution in [1.29, 1.82) is 0 Å². The fourth-order valence-corrected chi connectivity index (χ4v) is 2.13. The minimum absolute atomic E-state index is 0.0723. The fourth-order valence-electron chi connectivity index (χ4n) is 2.13. The summed E-state index contributed by atoms with van der Waals surface area (Å²) in [6.45, 7) is 1.95. The van der Waals surface area contributed by atoms with Crippen molar-refractivity contribution in [2.45, 2.75) is 32.3 Å². The molecule has 0 aromatic carbocycles. The maximum atomic E-state index is 11.3. The number of ether oxygens (including phenoxy) is 1. The highest BCUT2D eigenvalue weighted by Gasteiger charge is 2.39. The van der Waals surface area contributed by atoms with Crippen LogP contribution in [0.5, 0.6) is 0 Å². The van der Waals surface area contributed by atoms with Crippen molar-refractivity contribution in [3.63, 3.8) is 0 Å². The van der Waals surface area contributed by atoms with Crippen molar-refractivity contribution >= 4 is 12.0 Å². The Morgan fingerprint density at radius 2 is 2.31 bits per heavy atom. The van der Waals surface area contributed by atoms with Gasteiger partial charge in [0.25, 0.3) is 0 Å². The molecular formula is C9H13NO3. The largest absolute Gasteiger partial charge is 0.445 e. The molecule has 4 nitrogen and oxygen atoms in total.